The number of anilines is 1. The minimum Gasteiger partial charge on any atom is -0.495 e. The van der Waals surface area contributed by atoms with Crippen molar-refractivity contribution in [3.63, 3.8) is 0 Å². The van der Waals surface area contributed by atoms with Crippen LogP contribution in [0.15, 0.2) is 60.7 Å². The first-order valence-corrected chi connectivity index (χ1v) is 9.46. The van der Waals surface area contributed by atoms with E-state index in [0.717, 1.165) is 16.7 Å². The van der Waals surface area contributed by atoms with Gasteiger partial charge in [0.05, 0.1) is 18.4 Å². The summed E-state index contributed by atoms with van der Waals surface area (Å²) in [6.45, 7) is 2.88. The highest BCUT2D eigenvalue weighted by atomic mass is 35.5. The lowest BCUT2D eigenvalue weighted by molar-refractivity contribution is 0.0697. The summed E-state index contributed by atoms with van der Waals surface area (Å²) in [5.41, 5.74) is 3.88. The Morgan fingerprint density at radius 1 is 1.03 bits per heavy atom. The van der Waals surface area contributed by atoms with Gasteiger partial charge in [0.25, 0.3) is 0 Å². The predicted octanol–water partition coefficient (Wildman–Crippen LogP) is 5.55. The van der Waals surface area contributed by atoms with Crippen LogP contribution < -0.4 is 14.8 Å². The van der Waals surface area contributed by atoms with E-state index in [4.69, 9.17) is 21.1 Å². The number of carboxylic acid groups (broad SMARTS) is 1. The van der Waals surface area contributed by atoms with E-state index in [0.29, 0.717) is 35.4 Å². The van der Waals surface area contributed by atoms with Gasteiger partial charge in [-0.2, -0.15) is 0 Å². The molecule has 3 aromatic rings. The van der Waals surface area contributed by atoms with Crippen molar-refractivity contribution < 1.29 is 19.4 Å². The number of rotatable bonds is 8. The van der Waals surface area contributed by atoms with Crippen LogP contribution >= 0.6 is 11.6 Å². The summed E-state index contributed by atoms with van der Waals surface area (Å²) in [6, 6.07) is 18.2. The van der Waals surface area contributed by atoms with Crippen LogP contribution in [-0.4, -0.2) is 18.2 Å². The fourth-order valence-corrected chi connectivity index (χ4v) is 3.12. The molecule has 0 spiro atoms. The van der Waals surface area contributed by atoms with Gasteiger partial charge in [0.2, 0.25) is 0 Å². The summed E-state index contributed by atoms with van der Waals surface area (Å²) < 4.78 is 11.4. The molecular formula is C23H22ClNO4. The smallest absolute Gasteiger partial charge is 0.335 e. The third-order valence-corrected chi connectivity index (χ3v) is 4.82. The molecule has 29 heavy (non-hydrogen) atoms. The Kier molecular flexibility index (Phi) is 6.62. The van der Waals surface area contributed by atoms with Gasteiger partial charge in [-0.3, -0.25) is 0 Å². The van der Waals surface area contributed by atoms with Crippen LogP contribution in [0.4, 0.5) is 5.69 Å². The molecule has 0 unspecified atom stereocenters. The van der Waals surface area contributed by atoms with Crippen molar-refractivity contribution in [2.45, 2.75) is 20.1 Å². The molecule has 0 aliphatic rings. The molecule has 150 valence electrons. The van der Waals surface area contributed by atoms with Gasteiger partial charge >= 0.3 is 5.97 Å². The summed E-state index contributed by atoms with van der Waals surface area (Å²) in [5, 5.41) is 13.1. The van der Waals surface area contributed by atoms with Gasteiger partial charge in [0.1, 0.15) is 18.1 Å². The van der Waals surface area contributed by atoms with Crippen LogP contribution in [0, 0.1) is 6.92 Å². The molecule has 0 amide bonds. The molecule has 0 aliphatic heterocycles. The lowest BCUT2D eigenvalue weighted by Gasteiger charge is -2.16. The zero-order valence-electron chi connectivity index (χ0n) is 16.2. The molecule has 0 aliphatic carbocycles. The molecule has 0 fully saturated rings. The summed E-state index contributed by atoms with van der Waals surface area (Å²) in [7, 11) is 1.54. The maximum atomic E-state index is 11.3. The minimum atomic E-state index is -0.999. The van der Waals surface area contributed by atoms with Crippen LogP contribution in [0.1, 0.15) is 27.0 Å². The molecule has 0 aromatic heterocycles. The highest BCUT2D eigenvalue weighted by Gasteiger charge is 2.11. The largest absolute Gasteiger partial charge is 0.495 e. The molecule has 0 radical (unpaired) electrons. The zero-order chi connectivity index (χ0) is 20.8. The highest BCUT2D eigenvalue weighted by molar-refractivity contribution is 6.30. The molecule has 0 heterocycles. The second-order valence-electron chi connectivity index (χ2n) is 6.54. The zero-order valence-corrected chi connectivity index (χ0v) is 17.0. The number of aryl methyl sites for hydroxylation is 1. The quantitative estimate of drug-likeness (QED) is 0.509. The van der Waals surface area contributed by atoms with Crippen molar-refractivity contribution in [3.8, 4) is 11.5 Å². The number of carbonyl (C=O) groups is 1. The molecule has 5 nitrogen and oxygen atoms in total. The second-order valence-corrected chi connectivity index (χ2v) is 6.98. The van der Waals surface area contributed by atoms with Crippen molar-refractivity contribution >= 4 is 23.3 Å². The average molecular weight is 412 g/mol. The van der Waals surface area contributed by atoms with E-state index in [-0.39, 0.29) is 5.56 Å². The topological polar surface area (TPSA) is 67.8 Å². The fourth-order valence-electron chi connectivity index (χ4n) is 2.92. The monoisotopic (exact) mass is 411 g/mol. The number of halogens is 1. The van der Waals surface area contributed by atoms with E-state index in [9.17, 15) is 9.90 Å². The maximum Gasteiger partial charge on any atom is 0.335 e. The number of ether oxygens (including phenoxy) is 2. The molecule has 3 rings (SSSR count). The molecule has 3 aromatic carbocycles. The van der Waals surface area contributed by atoms with Gasteiger partial charge in [-0.25, -0.2) is 4.79 Å². The maximum absolute atomic E-state index is 11.3. The van der Waals surface area contributed by atoms with Gasteiger partial charge in [-0.15, -0.1) is 0 Å². The Bertz CT molecular complexity index is 1020. The lowest BCUT2D eigenvalue weighted by atomic mass is 10.1. The predicted molar refractivity (Wildman–Crippen MR) is 114 cm³/mol. The van der Waals surface area contributed by atoms with E-state index in [1.165, 1.54) is 13.2 Å². The Morgan fingerprint density at radius 2 is 1.79 bits per heavy atom. The van der Waals surface area contributed by atoms with Crippen molar-refractivity contribution in [1.29, 1.82) is 0 Å². The average Bonchev–Trinajstić information content (AvgIpc) is 2.72. The molecule has 0 bridgehead atoms. The molecule has 2 N–H and O–H groups in total. The van der Waals surface area contributed by atoms with Crippen molar-refractivity contribution in [3.05, 3.63) is 87.9 Å². The third-order valence-electron chi connectivity index (χ3n) is 4.58. The lowest BCUT2D eigenvalue weighted by Crippen LogP contribution is -2.06. The number of hydrogen-bond acceptors (Lipinski definition) is 4. The van der Waals surface area contributed by atoms with E-state index >= 15 is 0 Å². The summed E-state index contributed by atoms with van der Waals surface area (Å²) >= 11 is 6.18. The van der Waals surface area contributed by atoms with Crippen LogP contribution in [0.25, 0.3) is 0 Å². The Hall–Kier alpha value is -3.18. The molecule has 6 heteroatoms. The highest BCUT2D eigenvalue weighted by Crippen LogP contribution is 2.29. The van der Waals surface area contributed by atoms with Gasteiger partial charge in [0.15, 0.2) is 0 Å². The summed E-state index contributed by atoms with van der Waals surface area (Å²) in [6.07, 6.45) is 0. The van der Waals surface area contributed by atoms with Crippen molar-refractivity contribution in [2.24, 2.45) is 0 Å². The number of benzene rings is 3. The van der Waals surface area contributed by atoms with Crippen LogP contribution in [0.5, 0.6) is 11.5 Å². The first-order chi connectivity index (χ1) is 14.0. The number of nitrogens with one attached hydrogen (secondary N) is 1. The molecule has 0 saturated heterocycles. The standard InChI is InChI=1S/C23H22ClNO4/c1-15-5-3-4-6-17(15)14-29-21-10-8-19(24)11-18(21)13-25-20-12-16(23(26)27)7-9-22(20)28-2/h3-12,25H,13-14H2,1-2H3,(H,26,27). The number of carboxylic acids is 1. The number of methoxy groups -OCH3 is 1. The normalized spacial score (nSPS) is 10.4. The van der Waals surface area contributed by atoms with Gasteiger partial charge in [0, 0.05) is 17.1 Å². The second kappa shape index (κ2) is 9.34. The van der Waals surface area contributed by atoms with E-state index in [2.05, 4.69) is 5.32 Å². The first kappa shape index (κ1) is 20.6. The molecular weight excluding hydrogens is 390 g/mol. The van der Waals surface area contributed by atoms with Crippen LogP contribution in [-0.2, 0) is 13.2 Å². The Morgan fingerprint density at radius 3 is 2.52 bits per heavy atom. The van der Waals surface area contributed by atoms with Crippen LogP contribution in [0.3, 0.4) is 0 Å². The fraction of sp³-hybridized carbons (Fsp3) is 0.174. The van der Waals surface area contributed by atoms with E-state index in [1.54, 1.807) is 18.2 Å². The Labute approximate surface area is 174 Å². The van der Waals surface area contributed by atoms with Gasteiger partial charge in [-0.1, -0.05) is 35.9 Å². The number of aromatic carboxylic acids is 1. The SMILES string of the molecule is COc1ccc(C(=O)O)cc1NCc1cc(Cl)ccc1OCc1ccccc1C. The van der Waals surface area contributed by atoms with Crippen LogP contribution in [0.2, 0.25) is 5.02 Å². The summed E-state index contributed by atoms with van der Waals surface area (Å²) in [5.74, 6) is 0.263. The number of hydrogen-bond donors (Lipinski definition) is 2. The molecule has 0 atom stereocenters. The summed E-state index contributed by atoms with van der Waals surface area (Å²) in [4.78, 5) is 11.3. The minimum absolute atomic E-state index is 0.176. The molecule has 0 saturated carbocycles. The van der Waals surface area contributed by atoms with Crippen molar-refractivity contribution in [2.75, 3.05) is 12.4 Å². The van der Waals surface area contributed by atoms with Gasteiger partial charge in [-0.05, 0) is 54.4 Å². The van der Waals surface area contributed by atoms with E-state index < -0.39 is 5.97 Å². The van der Waals surface area contributed by atoms with E-state index in [1.807, 2.05) is 43.3 Å². The first-order valence-electron chi connectivity index (χ1n) is 9.09. The third kappa shape index (κ3) is 5.21. The van der Waals surface area contributed by atoms with Crippen molar-refractivity contribution in [1.82, 2.24) is 0 Å². The Balaban J connectivity index is 1.79. The van der Waals surface area contributed by atoms with Gasteiger partial charge < -0.3 is 19.9 Å².